The third-order valence-electron chi connectivity index (χ3n) is 3.63. The molecule has 0 aromatic rings. The fourth-order valence-corrected chi connectivity index (χ4v) is 1.97. The maximum absolute atomic E-state index is 11.7. The SMILES string of the molecule is CC(C)(C)C(N)CC(=O)NCCCOCC1CCCO1. The summed E-state index contributed by atoms with van der Waals surface area (Å²) in [5.41, 5.74) is 5.93. The van der Waals surface area contributed by atoms with Gasteiger partial charge in [-0.15, -0.1) is 0 Å². The highest BCUT2D eigenvalue weighted by Gasteiger charge is 2.22. The van der Waals surface area contributed by atoms with Gasteiger partial charge in [0, 0.05) is 32.2 Å². The molecule has 1 rings (SSSR count). The average molecular weight is 286 g/mol. The first kappa shape index (κ1) is 17.4. The smallest absolute Gasteiger partial charge is 0.221 e. The van der Waals surface area contributed by atoms with Gasteiger partial charge in [0.1, 0.15) is 0 Å². The molecule has 2 atom stereocenters. The Kier molecular flexibility index (Phi) is 7.48. The minimum Gasteiger partial charge on any atom is -0.379 e. The number of nitrogens with two attached hydrogens (primary N) is 1. The summed E-state index contributed by atoms with van der Waals surface area (Å²) >= 11 is 0. The number of ether oxygens (including phenoxy) is 2. The zero-order chi connectivity index (χ0) is 15.0. The molecule has 1 heterocycles. The van der Waals surface area contributed by atoms with E-state index in [4.69, 9.17) is 15.2 Å². The van der Waals surface area contributed by atoms with Gasteiger partial charge in [0.25, 0.3) is 0 Å². The third-order valence-corrected chi connectivity index (χ3v) is 3.63. The van der Waals surface area contributed by atoms with Crippen molar-refractivity contribution in [2.24, 2.45) is 11.1 Å². The van der Waals surface area contributed by atoms with Crippen LogP contribution in [0.2, 0.25) is 0 Å². The minimum atomic E-state index is -0.113. The van der Waals surface area contributed by atoms with Gasteiger partial charge in [0.15, 0.2) is 0 Å². The predicted octanol–water partition coefficient (Wildman–Crippen LogP) is 1.45. The maximum Gasteiger partial charge on any atom is 0.221 e. The van der Waals surface area contributed by atoms with Gasteiger partial charge in [-0.3, -0.25) is 4.79 Å². The molecule has 118 valence electrons. The van der Waals surface area contributed by atoms with Gasteiger partial charge >= 0.3 is 0 Å². The van der Waals surface area contributed by atoms with E-state index in [0.29, 0.717) is 26.2 Å². The van der Waals surface area contributed by atoms with Crippen LogP contribution in [0.3, 0.4) is 0 Å². The Labute approximate surface area is 122 Å². The van der Waals surface area contributed by atoms with Gasteiger partial charge in [-0.1, -0.05) is 20.8 Å². The molecule has 0 bridgehead atoms. The van der Waals surface area contributed by atoms with Crippen LogP contribution in [0.15, 0.2) is 0 Å². The van der Waals surface area contributed by atoms with Crippen LogP contribution < -0.4 is 11.1 Å². The number of hydrogen-bond donors (Lipinski definition) is 2. The third kappa shape index (κ3) is 7.22. The summed E-state index contributed by atoms with van der Waals surface area (Å²) in [6.07, 6.45) is 3.71. The average Bonchev–Trinajstić information content (AvgIpc) is 2.85. The molecule has 1 aliphatic rings. The van der Waals surface area contributed by atoms with Crippen molar-refractivity contribution in [3.63, 3.8) is 0 Å². The Morgan fingerprint density at radius 1 is 1.50 bits per heavy atom. The first-order valence-electron chi connectivity index (χ1n) is 7.61. The fraction of sp³-hybridized carbons (Fsp3) is 0.933. The van der Waals surface area contributed by atoms with Crippen LogP contribution in [0.5, 0.6) is 0 Å². The molecule has 5 heteroatoms. The normalized spacial score (nSPS) is 20.9. The summed E-state index contributed by atoms with van der Waals surface area (Å²) < 4.78 is 11.0. The van der Waals surface area contributed by atoms with E-state index in [-0.39, 0.29) is 23.5 Å². The van der Waals surface area contributed by atoms with Crippen molar-refractivity contribution in [3.05, 3.63) is 0 Å². The number of hydrogen-bond acceptors (Lipinski definition) is 4. The van der Waals surface area contributed by atoms with E-state index in [1.165, 1.54) is 0 Å². The molecule has 1 aliphatic heterocycles. The molecule has 3 N–H and O–H groups in total. The number of carbonyl (C=O) groups is 1. The Hall–Kier alpha value is -0.650. The van der Waals surface area contributed by atoms with Crippen LogP contribution in [0.25, 0.3) is 0 Å². The molecular weight excluding hydrogens is 256 g/mol. The first-order chi connectivity index (χ1) is 9.39. The molecule has 2 unspecified atom stereocenters. The molecule has 1 fully saturated rings. The van der Waals surface area contributed by atoms with E-state index < -0.39 is 0 Å². The quantitative estimate of drug-likeness (QED) is 0.662. The predicted molar refractivity (Wildman–Crippen MR) is 79.5 cm³/mol. The van der Waals surface area contributed by atoms with Crippen molar-refractivity contribution in [3.8, 4) is 0 Å². The Morgan fingerprint density at radius 2 is 2.25 bits per heavy atom. The van der Waals surface area contributed by atoms with E-state index in [2.05, 4.69) is 5.32 Å². The van der Waals surface area contributed by atoms with Crippen molar-refractivity contribution in [1.82, 2.24) is 5.32 Å². The lowest BCUT2D eigenvalue weighted by molar-refractivity contribution is -0.122. The van der Waals surface area contributed by atoms with E-state index in [1.54, 1.807) is 0 Å². The second-order valence-corrected chi connectivity index (χ2v) is 6.59. The Morgan fingerprint density at radius 3 is 2.85 bits per heavy atom. The van der Waals surface area contributed by atoms with Crippen molar-refractivity contribution in [2.75, 3.05) is 26.4 Å². The maximum atomic E-state index is 11.7. The highest BCUT2D eigenvalue weighted by atomic mass is 16.5. The summed E-state index contributed by atoms with van der Waals surface area (Å²) in [6.45, 7) is 8.96. The molecule has 0 radical (unpaired) electrons. The monoisotopic (exact) mass is 286 g/mol. The van der Waals surface area contributed by atoms with Crippen LogP contribution in [0.1, 0.15) is 46.5 Å². The van der Waals surface area contributed by atoms with Crippen LogP contribution in [-0.2, 0) is 14.3 Å². The van der Waals surface area contributed by atoms with Crippen molar-refractivity contribution in [2.45, 2.75) is 58.6 Å². The van der Waals surface area contributed by atoms with Crippen molar-refractivity contribution < 1.29 is 14.3 Å². The Bertz CT molecular complexity index is 283. The second kappa shape index (κ2) is 8.60. The summed E-state index contributed by atoms with van der Waals surface area (Å²) in [7, 11) is 0. The van der Waals surface area contributed by atoms with Crippen LogP contribution in [0, 0.1) is 5.41 Å². The summed E-state index contributed by atoms with van der Waals surface area (Å²) in [6, 6.07) is -0.113. The van der Waals surface area contributed by atoms with Crippen molar-refractivity contribution >= 4 is 5.91 Å². The van der Waals surface area contributed by atoms with E-state index >= 15 is 0 Å². The summed E-state index contributed by atoms with van der Waals surface area (Å²) in [5, 5.41) is 2.88. The fourth-order valence-electron chi connectivity index (χ4n) is 1.97. The lowest BCUT2D eigenvalue weighted by Crippen LogP contribution is -2.40. The summed E-state index contributed by atoms with van der Waals surface area (Å²) in [5.74, 6) is 0.0200. The van der Waals surface area contributed by atoms with Gasteiger partial charge < -0.3 is 20.5 Å². The minimum absolute atomic E-state index is 0.0200. The number of rotatable bonds is 8. The topological polar surface area (TPSA) is 73.6 Å². The highest BCUT2D eigenvalue weighted by molar-refractivity contribution is 5.76. The lowest BCUT2D eigenvalue weighted by atomic mass is 9.85. The first-order valence-corrected chi connectivity index (χ1v) is 7.61. The molecular formula is C15H30N2O3. The molecule has 0 aliphatic carbocycles. The Balaban J connectivity index is 1.96. The van der Waals surface area contributed by atoms with Gasteiger partial charge in [-0.25, -0.2) is 0 Å². The van der Waals surface area contributed by atoms with Crippen LogP contribution in [-0.4, -0.2) is 44.4 Å². The zero-order valence-electron chi connectivity index (χ0n) is 13.1. The molecule has 0 aromatic carbocycles. The molecule has 0 aromatic heterocycles. The van der Waals surface area contributed by atoms with Crippen molar-refractivity contribution in [1.29, 1.82) is 0 Å². The van der Waals surface area contributed by atoms with Crippen LogP contribution >= 0.6 is 0 Å². The summed E-state index contributed by atoms with van der Waals surface area (Å²) in [4.78, 5) is 11.7. The van der Waals surface area contributed by atoms with E-state index in [1.807, 2.05) is 20.8 Å². The number of carbonyl (C=O) groups excluding carboxylic acids is 1. The van der Waals surface area contributed by atoms with Gasteiger partial charge in [0.05, 0.1) is 12.7 Å². The molecule has 1 saturated heterocycles. The van der Waals surface area contributed by atoms with Gasteiger partial charge in [0.2, 0.25) is 5.91 Å². The van der Waals surface area contributed by atoms with Gasteiger partial charge in [-0.05, 0) is 24.7 Å². The number of nitrogens with one attached hydrogen (secondary N) is 1. The molecule has 0 spiro atoms. The lowest BCUT2D eigenvalue weighted by Gasteiger charge is -2.26. The largest absolute Gasteiger partial charge is 0.379 e. The molecule has 5 nitrogen and oxygen atoms in total. The highest BCUT2D eigenvalue weighted by Crippen LogP contribution is 2.19. The zero-order valence-corrected chi connectivity index (χ0v) is 13.1. The standard InChI is InChI=1S/C15H30N2O3/c1-15(2,3)13(16)10-14(18)17-7-5-8-19-11-12-6-4-9-20-12/h12-13H,4-11,16H2,1-3H3,(H,17,18). The molecule has 1 amide bonds. The van der Waals surface area contributed by atoms with Gasteiger partial charge in [-0.2, -0.15) is 0 Å². The molecule has 0 saturated carbocycles. The van der Waals surface area contributed by atoms with E-state index in [9.17, 15) is 4.79 Å². The van der Waals surface area contributed by atoms with E-state index in [0.717, 1.165) is 25.9 Å². The van der Waals surface area contributed by atoms with Crippen LogP contribution in [0.4, 0.5) is 0 Å². The molecule has 20 heavy (non-hydrogen) atoms. The second-order valence-electron chi connectivity index (χ2n) is 6.59. The number of amides is 1.